The van der Waals surface area contributed by atoms with Gasteiger partial charge in [-0.25, -0.2) is 4.98 Å². The molecule has 3 aromatic rings. The molecule has 1 aliphatic carbocycles. The first-order chi connectivity index (χ1) is 17.9. The first-order valence-corrected chi connectivity index (χ1v) is 12.4. The third kappa shape index (κ3) is 3.38. The number of carbonyl (C=O) groups excluding carboxylic acids is 3. The van der Waals surface area contributed by atoms with E-state index in [-0.39, 0.29) is 52.1 Å². The Kier molecular flexibility index (Phi) is 5.70. The molecule has 0 fully saturated rings. The van der Waals surface area contributed by atoms with E-state index in [9.17, 15) is 24.6 Å². The van der Waals surface area contributed by atoms with Crippen molar-refractivity contribution < 1.29 is 29.3 Å². The SMILES string of the molecule is CC(=O)c1c(O)c(C)c(O)c2c1OC1=CC(=O)C(=C(C)NCc3nc4ccccc4n3C(C)C)C(=O)[C@@]12C. The van der Waals surface area contributed by atoms with Gasteiger partial charge >= 0.3 is 0 Å². The molecular weight excluding hydrogens is 486 g/mol. The Morgan fingerprint density at radius 1 is 1.16 bits per heavy atom. The summed E-state index contributed by atoms with van der Waals surface area (Å²) in [5.41, 5.74) is 0.544. The van der Waals surface area contributed by atoms with Gasteiger partial charge in [0.15, 0.2) is 17.3 Å². The van der Waals surface area contributed by atoms with E-state index < -0.39 is 28.5 Å². The van der Waals surface area contributed by atoms with Gasteiger partial charge in [0, 0.05) is 23.4 Å². The molecule has 2 aliphatic rings. The van der Waals surface area contributed by atoms with Crippen LogP contribution in [-0.2, 0) is 21.5 Å². The van der Waals surface area contributed by atoms with Gasteiger partial charge in [0.2, 0.25) is 0 Å². The summed E-state index contributed by atoms with van der Waals surface area (Å²) in [5.74, 6) is -1.75. The van der Waals surface area contributed by atoms with Crippen molar-refractivity contribution in [3.8, 4) is 17.2 Å². The van der Waals surface area contributed by atoms with Crippen LogP contribution < -0.4 is 10.1 Å². The monoisotopic (exact) mass is 515 g/mol. The normalized spacial score (nSPS) is 19.8. The van der Waals surface area contributed by atoms with Crippen LogP contribution in [0.25, 0.3) is 11.0 Å². The van der Waals surface area contributed by atoms with Gasteiger partial charge in [-0.15, -0.1) is 0 Å². The molecule has 9 nitrogen and oxygen atoms in total. The van der Waals surface area contributed by atoms with E-state index in [1.165, 1.54) is 19.9 Å². The van der Waals surface area contributed by atoms with Crippen molar-refractivity contribution in [1.82, 2.24) is 14.9 Å². The minimum atomic E-state index is -1.56. The van der Waals surface area contributed by atoms with Crippen LogP contribution in [0, 0.1) is 6.92 Å². The van der Waals surface area contributed by atoms with Gasteiger partial charge in [-0.3, -0.25) is 14.4 Å². The van der Waals surface area contributed by atoms with Crippen molar-refractivity contribution in [2.45, 2.75) is 59.5 Å². The summed E-state index contributed by atoms with van der Waals surface area (Å²) in [7, 11) is 0. The quantitative estimate of drug-likeness (QED) is 0.261. The molecular formula is C29H29N3O6. The van der Waals surface area contributed by atoms with Gasteiger partial charge in [-0.1, -0.05) is 12.1 Å². The number of ether oxygens (including phenoxy) is 1. The standard InChI is InChI=1S/C29H29N3O6/c1-13(2)32-18-10-8-7-9-17(18)31-21(32)12-30-15(4)22-19(34)11-20-29(6,28(22)37)24-26(36)14(3)25(35)23(16(5)33)27(24)38-20/h7-11,13,30,35-36H,12H2,1-6H3/t29-/m0/s1. The summed E-state index contributed by atoms with van der Waals surface area (Å²) >= 11 is 0. The average Bonchev–Trinajstić information content (AvgIpc) is 3.37. The molecule has 0 unspecified atom stereocenters. The number of hydrogen-bond acceptors (Lipinski definition) is 8. The van der Waals surface area contributed by atoms with Gasteiger partial charge in [-0.05, 0) is 53.7 Å². The highest BCUT2D eigenvalue weighted by molar-refractivity contribution is 6.31. The molecule has 0 spiro atoms. The lowest BCUT2D eigenvalue weighted by Gasteiger charge is -2.29. The van der Waals surface area contributed by atoms with Gasteiger partial charge < -0.3 is 24.8 Å². The van der Waals surface area contributed by atoms with Gasteiger partial charge in [-0.2, -0.15) is 0 Å². The molecule has 196 valence electrons. The van der Waals surface area contributed by atoms with E-state index in [2.05, 4.69) is 23.7 Å². The Balaban J connectivity index is 1.58. The molecule has 9 heteroatoms. The number of rotatable bonds is 5. The fraction of sp³-hybridized carbons (Fsp3) is 0.310. The second-order valence-electron chi connectivity index (χ2n) is 10.2. The second kappa shape index (κ2) is 8.58. The van der Waals surface area contributed by atoms with E-state index in [1.807, 2.05) is 24.3 Å². The number of fused-ring (bicyclic) bond motifs is 4. The van der Waals surface area contributed by atoms with Crippen molar-refractivity contribution in [1.29, 1.82) is 0 Å². The highest BCUT2D eigenvalue weighted by atomic mass is 16.5. The van der Waals surface area contributed by atoms with E-state index in [0.29, 0.717) is 5.70 Å². The fourth-order valence-corrected chi connectivity index (χ4v) is 5.46. The van der Waals surface area contributed by atoms with Gasteiger partial charge in [0.1, 0.15) is 39.8 Å². The molecule has 2 heterocycles. The van der Waals surface area contributed by atoms with Crippen LogP contribution in [0.15, 0.2) is 47.4 Å². The third-order valence-corrected chi connectivity index (χ3v) is 7.46. The number of carbonyl (C=O) groups is 3. The zero-order chi connectivity index (χ0) is 27.7. The summed E-state index contributed by atoms with van der Waals surface area (Å²) < 4.78 is 7.92. The van der Waals surface area contributed by atoms with Crippen LogP contribution in [0.4, 0.5) is 0 Å². The van der Waals surface area contributed by atoms with Crippen molar-refractivity contribution in [3.05, 3.63) is 69.9 Å². The van der Waals surface area contributed by atoms with Crippen molar-refractivity contribution in [2.24, 2.45) is 0 Å². The lowest BCUT2D eigenvalue weighted by Crippen LogP contribution is -2.41. The van der Waals surface area contributed by atoms with Crippen LogP contribution >= 0.6 is 0 Å². The van der Waals surface area contributed by atoms with E-state index in [4.69, 9.17) is 9.72 Å². The van der Waals surface area contributed by atoms with Crippen LogP contribution in [0.5, 0.6) is 17.2 Å². The maximum atomic E-state index is 14.0. The maximum Gasteiger partial charge on any atom is 0.194 e. The second-order valence-corrected chi connectivity index (χ2v) is 10.2. The van der Waals surface area contributed by atoms with Crippen LogP contribution in [0.3, 0.4) is 0 Å². The molecule has 38 heavy (non-hydrogen) atoms. The number of nitrogens with zero attached hydrogens (tertiary/aromatic N) is 2. The highest BCUT2D eigenvalue weighted by Gasteiger charge is 2.56. The van der Waals surface area contributed by atoms with Gasteiger partial charge in [0.05, 0.1) is 28.7 Å². The van der Waals surface area contributed by atoms with Crippen molar-refractivity contribution in [3.63, 3.8) is 0 Å². The largest absolute Gasteiger partial charge is 0.507 e. The number of aromatic nitrogens is 2. The van der Waals surface area contributed by atoms with Crippen LogP contribution in [0.2, 0.25) is 0 Å². The number of imidazole rings is 1. The van der Waals surface area contributed by atoms with Crippen LogP contribution in [-0.4, -0.2) is 37.1 Å². The summed E-state index contributed by atoms with van der Waals surface area (Å²) in [6.45, 7) is 10.3. The molecule has 0 saturated heterocycles. The average molecular weight is 516 g/mol. The Morgan fingerprint density at radius 3 is 2.50 bits per heavy atom. The predicted octanol–water partition coefficient (Wildman–Crippen LogP) is 4.29. The fourth-order valence-electron chi connectivity index (χ4n) is 5.46. The van der Waals surface area contributed by atoms with Gasteiger partial charge in [0.25, 0.3) is 0 Å². The third-order valence-electron chi connectivity index (χ3n) is 7.46. The molecule has 1 aromatic heterocycles. The predicted molar refractivity (Wildman–Crippen MR) is 140 cm³/mol. The number of Topliss-reactive ketones (excluding diaryl/α,β-unsaturated/α-hetero) is 2. The number of aromatic hydroxyl groups is 2. The molecule has 5 rings (SSSR count). The molecule has 0 saturated carbocycles. The summed E-state index contributed by atoms with van der Waals surface area (Å²) in [6, 6.07) is 7.94. The number of phenolic OH excluding ortho intramolecular Hbond substituents is 2. The number of allylic oxidation sites excluding steroid dienone is 4. The number of nitrogens with one attached hydrogen (secondary N) is 1. The van der Waals surface area contributed by atoms with E-state index in [1.54, 1.807) is 13.8 Å². The lowest BCUT2D eigenvalue weighted by molar-refractivity contribution is -0.123. The topological polar surface area (TPSA) is 131 Å². The Bertz CT molecular complexity index is 1640. The Morgan fingerprint density at radius 2 is 1.84 bits per heavy atom. The molecule has 0 amide bonds. The Hall–Kier alpha value is -4.40. The number of ketones is 3. The number of hydrogen-bond donors (Lipinski definition) is 3. The van der Waals surface area contributed by atoms with E-state index >= 15 is 0 Å². The number of para-hydroxylation sites is 2. The first-order valence-electron chi connectivity index (χ1n) is 12.4. The number of phenols is 2. The van der Waals surface area contributed by atoms with Crippen molar-refractivity contribution >= 4 is 28.4 Å². The summed E-state index contributed by atoms with van der Waals surface area (Å²) in [5, 5.41) is 24.7. The minimum absolute atomic E-state index is 0.00319. The Labute approximate surface area is 219 Å². The lowest BCUT2D eigenvalue weighted by atomic mass is 9.70. The first kappa shape index (κ1) is 25.3. The van der Waals surface area contributed by atoms with Crippen molar-refractivity contribution in [2.75, 3.05) is 0 Å². The summed E-state index contributed by atoms with van der Waals surface area (Å²) in [4.78, 5) is 44.2. The molecule has 1 atom stereocenters. The molecule has 0 radical (unpaired) electrons. The zero-order valence-corrected chi connectivity index (χ0v) is 22.1. The van der Waals surface area contributed by atoms with E-state index in [0.717, 1.165) is 16.9 Å². The molecule has 0 bridgehead atoms. The summed E-state index contributed by atoms with van der Waals surface area (Å²) in [6.07, 6.45) is 1.21. The molecule has 2 aromatic carbocycles. The minimum Gasteiger partial charge on any atom is -0.507 e. The highest BCUT2D eigenvalue weighted by Crippen LogP contribution is 2.57. The van der Waals surface area contributed by atoms with Crippen LogP contribution in [0.1, 0.15) is 68.0 Å². The number of benzene rings is 2. The molecule has 1 aliphatic heterocycles. The smallest absolute Gasteiger partial charge is 0.194 e. The zero-order valence-electron chi connectivity index (χ0n) is 22.1. The maximum absolute atomic E-state index is 14.0. The molecule has 3 N–H and O–H groups in total.